The number of anilines is 1. The lowest BCUT2D eigenvalue weighted by molar-refractivity contribution is -0.126. The Morgan fingerprint density at radius 3 is 2.39 bits per heavy atom. The van der Waals surface area contributed by atoms with Crippen molar-refractivity contribution in [1.29, 1.82) is 0 Å². The summed E-state index contributed by atoms with van der Waals surface area (Å²) in [7, 11) is 1.62. The van der Waals surface area contributed by atoms with Crippen molar-refractivity contribution in [2.24, 2.45) is 0 Å². The van der Waals surface area contributed by atoms with Crippen molar-refractivity contribution in [3.63, 3.8) is 0 Å². The van der Waals surface area contributed by atoms with Crippen LogP contribution < -0.4 is 15.0 Å². The van der Waals surface area contributed by atoms with Gasteiger partial charge >= 0.3 is 0 Å². The van der Waals surface area contributed by atoms with Gasteiger partial charge in [-0.05, 0) is 61.9 Å². The van der Waals surface area contributed by atoms with Gasteiger partial charge in [-0.15, -0.1) is 0 Å². The molecular weight excluding hydrogens is 452 g/mol. The molecule has 1 aliphatic heterocycles. The van der Waals surface area contributed by atoms with E-state index in [2.05, 4.69) is 5.32 Å². The lowest BCUT2D eigenvalue weighted by atomic mass is 9.93. The number of benzene rings is 3. The number of methoxy groups -OCH3 is 1. The van der Waals surface area contributed by atoms with Crippen LogP contribution in [-0.2, 0) is 17.9 Å². The first-order valence-corrected chi connectivity index (χ1v) is 11.8. The van der Waals surface area contributed by atoms with E-state index in [9.17, 15) is 9.59 Å². The van der Waals surface area contributed by atoms with Crippen molar-refractivity contribution in [2.75, 3.05) is 12.0 Å². The van der Waals surface area contributed by atoms with E-state index < -0.39 is 5.54 Å². The molecule has 0 unspecified atom stereocenters. The van der Waals surface area contributed by atoms with Crippen molar-refractivity contribution in [2.45, 2.75) is 32.5 Å². The number of aryl methyl sites for hydroxylation is 1. The molecule has 0 saturated heterocycles. The van der Waals surface area contributed by atoms with Crippen LogP contribution in [0.25, 0.3) is 11.3 Å². The third kappa shape index (κ3) is 4.24. The molecular formula is C29H28N4O3. The summed E-state index contributed by atoms with van der Waals surface area (Å²) in [6.07, 6.45) is 0. The Hall–Kier alpha value is -4.39. The van der Waals surface area contributed by atoms with E-state index in [-0.39, 0.29) is 18.4 Å². The molecule has 36 heavy (non-hydrogen) atoms. The standard InChI is InChI=1S/C29H28N4O3/c1-20-9-13-23(14-10-20)33-27(34)26-17-25(22-11-15-24(36-3)16-12-22)31-32(26)19-29(33,2)28(35)30-18-21-7-5-4-6-8-21/h4-17H,18-19H2,1-3H3,(H,30,35)/t29-/m1/s1. The minimum atomic E-state index is -1.18. The molecule has 2 amide bonds. The van der Waals surface area contributed by atoms with E-state index in [0.29, 0.717) is 23.6 Å². The molecule has 5 rings (SSSR count). The van der Waals surface area contributed by atoms with Crippen molar-refractivity contribution in [1.82, 2.24) is 15.1 Å². The fourth-order valence-corrected chi connectivity index (χ4v) is 4.55. The Bertz CT molecular complexity index is 1390. The van der Waals surface area contributed by atoms with Crippen LogP contribution in [0.15, 0.2) is 84.9 Å². The van der Waals surface area contributed by atoms with Gasteiger partial charge in [0.1, 0.15) is 17.0 Å². The molecule has 1 aromatic heterocycles. The third-order valence-corrected chi connectivity index (χ3v) is 6.62. The molecule has 0 spiro atoms. The number of amides is 2. The topological polar surface area (TPSA) is 76.5 Å². The minimum absolute atomic E-state index is 0.221. The summed E-state index contributed by atoms with van der Waals surface area (Å²) >= 11 is 0. The maximum Gasteiger partial charge on any atom is 0.277 e. The number of carbonyl (C=O) groups is 2. The van der Waals surface area contributed by atoms with Crippen molar-refractivity contribution in [3.05, 3.63) is 102 Å². The van der Waals surface area contributed by atoms with Crippen molar-refractivity contribution >= 4 is 17.5 Å². The van der Waals surface area contributed by atoms with Crippen LogP contribution in [0.3, 0.4) is 0 Å². The number of fused-ring (bicyclic) bond motifs is 1. The van der Waals surface area contributed by atoms with Gasteiger partial charge < -0.3 is 10.1 Å². The predicted octanol–water partition coefficient (Wildman–Crippen LogP) is 4.60. The summed E-state index contributed by atoms with van der Waals surface area (Å²) in [5.41, 5.74) is 3.51. The second kappa shape index (κ2) is 9.34. The molecule has 1 atom stereocenters. The van der Waals surface area contributed by atoms with E-state index in [1.54, 1.807) is 29.7 Å². The Balaban J connectivity index is 1.53. The average Bonchev–Trinajstić information content (AvgIpc) is 3.33. The number of rotatable bonds is 6. The number of ether oxygens (including phenoxy) is 1. The first kappa shape index (κ1) is 23.4. The van der Waals surface area contributed by atoms with Crippen LogP contribution in [0.2, 0.25) is 0 Å². The zero-order valence-corrected chi connectivity index (χ0v) is 20.6. The van der Waals surface area contributed by atoms with Crippen LogP contribution in [0.5, 0.6) is 5.75 Å². The van der Waals surface area contributed by atoms with E-state index in [1.807, 2.05) is 85.8 Å². The molecule has 182 valence electrons. The van der Waals surface area contributed by atoms with E-state index in [1.165, 1.54) is 0 Å². The summed E-state index contributed by atoms with van der Waals surface area (Å²) in [5, 5.41) is 7.75. The molecule has 2 heterocycles. The smallest absolute Gasteiger partial charge is 0.277 e. The maximum absolute atomic E-state index is 13.9. The van der Waals surface area contributed by atoms with Crippen LogP contribution in [0.1, 0.15) is 28.5 Å². The van der Waals surface area contributed by atoms with Gasteiger partial charge in [0.25, 0.3) is 5.91 Å². The zero-order chi connectivity index (χ0) is 25.3. The molecule has 1 N–H and O–H groups in total. The molecule has 3 aromatic carbocycles. The normalized spacial score (nSPS) is 17.0. The second-order valence-electron chi connectivity index (χ2n) is 9.22. The van der Waals surface area contributed by atoms with Gasteiger partial charge in [-0.2, -0.15) is 5.10 Å². The van der Waals surface area contributed by atoms with Gasteiger partial charge in [0.05, 0.1) is 19.3 Å². The van der Waals surface area contributed by atoms with Crippen molar-refractivity contribution in [3.8, 4) is 17.0 Å². The minimum Gasteiger partial charge on any atom is -0.497 e. The van der Waals surface area contributed by atoms with Gasteiger partial charge in [-0.3, -0.25) is 19.2 Å². The summed E-state index contributed by atoms with van der Waals surface area (Å²) in [5.74, 6) is 0.231. The molecule has 0 bridgehead atoms. The quantitative estimate of drug-likeness (QED) is 0.438. The fraction of sp³-hybridized carbons (Fsp3) is 0.207. The summed E-state index contributed by atoms with van der Waals surface area (Å²) < 4.78 is 6.90. The molecule has 4 aromatic rings. The Kier molecular flexibility index (Phi) is 6.06. The first-order chi connectivity index (χ1) is 17.4. The number of aromatic nitrogens is 2. The van der Waals surface area contributed by atoms with Crippen LogP contribution in [0, 0.1) is 6.92 Å². The largest absolute Gasteiger partial charge is 0.497 e. The number of hydrogen-bond donors (Lipinski definition) is 1. The van der Waals surface area contributed by atoms with Crippen LogP contribution in [0.4, 0.5) is 5.69 Å². The number of hydrogen-bond acceptors (Lipinski definition) is 4. The molecule has 0 saturated carbocycles. The van der Waals surface area contributed by atoms with Crippen LogP contribution >= 0.6 is 0 Å². The lowest BCUT2D eigenvalue weighted by Crippen LogP contribution is -2.64. The van der Waals surface area contributed by atoms with Gasteiger partial charge in [0.15, 0.2) is 0 Å². The Morgan fingerprint density at radius 1 is 1.03 bits per heavy atom. The maximum atomic E-state index is 13.9. The third-order valence-electron chi connectivity index (χ3n) is 6.62. The second-order valence-corrected chi connectivity index (χ2v) is 9.22. The molecule has 0 aliphatic carbocycles. The van der Waals surface area contributed by atoms with E-state index >= 15 is 0 Å². The van der Waals surface area contributed by atoms with Crippen LogP contribution in [-0.4, -0.2) is 34.2 Å². The molecule has 0 radical (unpaired) electrons. The van der Waals surface area contributed by atoms with Gasteiger partial charge in [-0.1, -0.05) is 48.0 Å². The molecule has 0 fully saturated rings. The highest BCUT2D eigenvalue weighted by atomic mass is 16.5. The fourth-order valence-electron chi connectivity index (χ4n) is 4.55. The van der Waals surface area contributed by atoms with E-state index in [4.69, 9.17) is 9.84 Å². The number of nitrogens with zero attached hydrogens (tertiary/aromatic N) is 3. The zero-order valence-electron chi connectivity index (χ0n) is 20.6. The number of nitrogens with one attached hydrogen (secondary N) is 1. The molecule has 7 heteroatoms. The van der Waals surface area contributed by atoms with E-state index in [0.717, 1.165) is 22.4 Å². The highest BCUT2D eigenvalue weighted by molar-refractivity contribution is 6.12. The number of carbonyl (C=O) groups excluding carboxylic acids is 2. The Labute approximate surface area is 210 Å². The van der Waals surface area contributed by atoms with Crippen molar-refractivity contribution < 1.29 is 14.3 Å². The van der Waals surface area contributed by atoms with Gasteiger partial charge in [0.2, 0.25) is 5.91 Å². The Morgan fingerprint density at radius 2 is 1.72 bits per heavy atom. The summed E-state index contributed by atoms with van der Waals surface area (Å²) in [6, 6.07) is 26.7. The monoisotopic (exact) mass is 480 g/mol. The highest BCUT2D eigenvalue weighted by Crippen LogP contribution is 2.34. The lowest BCUT2D eigenvalue weighted by Gasteiger charge is -2.43. The van der Waals surface area contributed by atoms with Gasteiger partial charge in [0, 0.05) is 17.8 Å². The first-order valence-electron chi connectivity index (χ1n) is 11.8. The molecule has 7 nitrogen and oxygen atoms in total. The summed E-state index contributed by atoms with van der Waals surface area (Å²) in [4.78, 5) is 29.2. The average molecular weight is 481 g/mol. The summed E-state index contributed by atoms with van der Waals surface area (Å²) in [6.45, 7) is 4.37. The SMILES string of the molecule is COc1ccc(-c2cc3n(n2)C[C@](C)(C(=O)NCc2ccccc2)N(c2ccc(C)cc2)C3=O)cc1. The molecule has 1 aliphatic rings. The highest BCUT2D eigenvalue weighted by Gasteiger charge is 2.48. The van der Waals surface area contributed by atoms with Gasteiger partial charge in [-0.25, -0.2) is 0 Å². The predicted molar refractivity (Wildman–Crippen MR) is 139 cm³/mol.